The second-order valence-corrected chi connectivity index (χ2v) is 5.24. The standard InChI is InChI=1S/C16H18N4O/c1-19-8-10-20(11-9-19)16(21)13-5-6-15(18-12-13)14-4-2-3-7-17-14/h2-7,12H,8-11H2,1H3. The van der Waals surface area contributed by atoms with Crippen LogP contribution < -0.4 is 0 Å². The Bertz CT molecular complexity index is 604. The van der Waals surface area contributed by atoms with Crippen molar-refractivity contribution in [1.29, 1.82) is 0 Å². The van der Waals surface area contributed by atoms with Gasteiger partial charge in [-0.3, -0.25) is 14.8 Å². The lowest BCUT2D eigenvalue weighted by Crippen LogP contribution is -2.47. The summed E-state index contributed by atoms with van der Waals surface area (Å²) in [5.41, 5.74) is 2.24. The van der Waals surface area contributed by atoms with Crippen LogP contribution in [0, 0.1) is 0 Å². The van der Waals surface area contributed by atoms with E-state index in [2.05, 4.69) is 21.9 Å². The molecule has 0 spiro atoms. The number of carbonyl (C=O) groups is 1. The molecule has 2 aromatic rings. The van der Waals surface area contributed by atoms with Crippen molar-refractivity contribution in [1.82, 2.24) is 19.8 Å². The number of nitrogens with zero attached hydrogens (tertiary/aromatic N) is 4. The summed E-state index contributed by atoms with van der Waals surface area (Å²) in [6, 6.07) is 9.38. The molecule has 0 radical (unpaired) electrons. The van der Waals surface area contributed by atoms with Crippen LogP contribution in [0.4, 0.5) is 0 Å². The van der Waals surface area contributed by atoms with Crippen LogP contribution in [-0.4, -0.2) is 58.9 Å². The van der Waals surface area contributed by atoms with Gasteiger partial charge >= 0.3 is 0 Å². The fraction of sp³-hybridized carbons (Fsp3) is 0.312. The van der Waals surface area contributed by atoms with E-state index in [4.69, 9.17) is 0 Å². The summed E-state index contributed by atoms with van der Waals surface area (Å²) in [4.78, 5) is 25.1. The number of hydrogen-bond donors (Lipinski definition) is 0. The fourth-order valence-corrected chi connectivity index (χ4v) is 2.38. The third-order valence-corrected chi connectivity index (χ3v) is 3.73. The first-order chi connectivity index (χ1) is 10.2. The number of hydrogen-bond acceptors (Lipinski definition) is 4. The van der Waals surface area contributed by atoms with E-state index in [9.17, 15) is 4.79 Å². The van der Waals surface area contributed by atoms with Crippen LogP contribution in [0.2, 0.25) is 0 Å². The van der Waals surface area contributed by atoms with Crippen molar-refractivity contribution in [3.63, 3.8) is 0 Å². The van der Waals surface area contributed by atoms with E-state index in [1.54, 1.807) is 12.4 Å². The monoisotopic (exact) mass is 282 g/mol. The Balaban J connectivity index is 1.73. The number of carbonyl (C=O) groups excluding carboxylic acids is 1. The van der Waals surface area contributed by atoms with Crippen molar-refractivity contribution in [3.05, 3.63) is 48.3 Å². The molecule has 1 saturated heterocycles. The molecule has 0 aliphatic carbocycles. The molecule has 2 aromatic heterocycles. The molecule has 0 saturated carbocycles. The SMILES string of the molecule is CN1CCN(C(=O)c2ccc(-c3ccccn3)nc2)CC1. The lowest BCUT2D eigenvalue weighted by atomic mass is 10.2. The Labute approximate surface area is 124 Å². The van der Waals surface area contributed by atoms with E-state index in [0.29, 0.717) is 5.56 Å². The van der Waals surface area contributed by atoms with Gasteiger partial charge < -0.3 is 9.80 Å². The first kappa shape index (κ1) is 13.7. The third kappa shape index (κ3) is 3.08. The number of aromatic nitrogens is 2. The molecule has 0 bridgehead atoms. The van der Waals surface area contributed by atoms with Gasteiger partial charge in [-0.15, -0.1) is 0 Å². The smallest absolute Gasteiger partial charge is 0.255 e. The van der Waals surface area contributed by atoms with Gasteiger partial charge in [0, 0.05) is 38.6 Å². The first-order valence-corrected chi connectivity index (χ1v) is 7.09. The van der Waals surface area contributed by atoms with Crippen LogP contribution in [0.3, 0.4) is 0 Å². The topological polar surface area (TPSA) is 49.3 Å². The zero-order valence-electron chi connectivity index (χ0n) is 12.1. The number of piperazine rings is 1. The second kappa shape index (κ2) is 6.01. The number of rotatable bonds is 2. The van der Waals surface area contributed by atoms with Gasteiger partial charge in [0.1, 0.15) is 0 Å². The Kier molecular flexibility index (Phi) is 3.92. The Morgan fingerprint density at radius 1 is 1.00 bits per heavy atom. The normalized spacial score (nSPS) is 16.0. The average Bonchev–Trinajstić information content (AvgIpc) is 2.56. The van der Waals surface area contributed by atoms with E-state index >= 15 is 0 Å². The quantitative estimate of drug-likeness (QED) is 0.838. The predicted molar refractivity (Wildman–Crippen MR) is 80.9 cm³/mol. The van der Waals surface area contributed by atoms with E-state index < -0.39 is 0 Å². The number of amides is 1. The summed E-state index contributed by atoms with van der Waals surface area (Å²) in [7, 11) is 2.07. The molecular weight excluding hydrogens is 264 g/mol. The summed E-state index contributed by atoms with van der Waals surface area (Å²) in [6.07, 6.45) is 3.38. The summed E-state index contributed by atoms with van der Waals surface area (Å²) >= 11 is 0. The Morgan fingerprint density at radius 3 is 2.38 bits per heavy atom. The van der Waals surface area contributed by atoms with Crippen molar-refractivity contribution < 1.29 is 4.79 Å². The summed E-state index contributed by atoms with van der Waals surface area (Å²) in [5.74, 6) is 0.0585. The Hall–Kier alpha value is -2.27. The molecule has 1 aliphatic heterocycles. The lowest BCUT2D eigenvalue weighted by Gasteiger charge is -2.32. The van der Waals surface area contributed by atoms with E-state index in [1.165, 1.54) is 0 Å². The lowest BCUT2D eigenvalue weighted by molar-refractivity contribution is 0.0663. The fourth-order valence-electron chi connectivity index (χ4n) is 2.38. The van der Waals surface area contributed by atoms with Crippen molar-refractivity contribution >= 4 is 5.91 Å². The van der Waals surface area contributed by atoms with Gasteiger partial charge in [-0.2, -0.15) is 0 Å². The molecule has 3 rings (SSSR count). The van der Waals surface area contributed by atoms with Gasteiger partial charge in [0.15, 0.2) is 0 Å². The van der Waals surface area contributed by atoms with Crippen LogP contribution >= 0.6 is 0 Å². The van der Waals surface area contributed by atoms with Crippen molar-refractivity contribution in [2.45, 2.75) is 0 Å². The molecule has 3 heterocycles. The van der Waals surface area contributed by atoms with Crippen LogP contribution in [0.25, 0.3) is 11.4 Å². The van der Waals surface area contributed by atoms with Crippen LogP contribution in [0.15, 0.2) is 42.7 Å². The van der Waals surface area contributed by atoms with Gasteiger partial charge in [0.25, 0.3) is 5.91 Å². The molecule has 0 aromatic carbocycles. The Morgan fingerprint density at radius 2 is 1.76 bits per heavy atom. The minimum atomic E-state index is 0.0585. The van der Waals surface area contributed by atoms with Crippen molar-refractivity contribution in [2.24, 2.45) is 0 Å². The first-order valence-electron chi connectivity index (χ1n) is 7.09. The predicted octanol–water partition coefficient (Wildman–Crippen LogP) is 1.53. The maximum absolute atomic E-state index is 12.4. The van der Waals surface area contributed by atoms with E-state index in [0.717, 1.165) is 37.6 Å². The number of likely N-dealkylation sites (N-methyl/N-ethyl adjacent to an activating group) is 1. The zero-order valence-corrected chi connectivity index (χ0v) is 12.1. The molecule has 1 fully saturated rings. The highest BCUT2D eigenvalue weighted by Crippen LogP contribution is 2.15. The van der Waals surface area contributed by atoms with Gasteiger partial charge in [-0.1, -0.05) is 6.07 Å². The average molecular weight is 282 g/mol. The maximum atomic E-state index is 12.4. The minimum absolute atomic E-state index is 0.0585. The summed E-state index contributed by atoms with van der Waals surface area (Å²) in [6.45, 7) is 3.39. The molecule has 1 amide bonds. The molecule has 108 valence electrons. The summed E-state index contributed by atoms with van der Waals surface area (Å²) in [5, 5.41) is 0. The number of pyridine rings is 2. The van der Waals surface area contributed by atoms with Gasteiger partial charge in [0.05, 0.1) is 17.0 Å². The molecular formula is C16H18N4O. The highest BCUT2D eigenvalue weighted by atomic mass is 16.2. The van der Waals surface area contributed by atoms with Gasteiger partial charge in [-0.05, 0) is 31.3 Å². The highest BCUT2D eigenvalue weighted by Gasteiger charge is 2.20. The van der Waals surface area contributed by atoms with Gasteiger partial charge in [-0.25, -0.2) is 0 Å². The van der Waals surface area contributed by atoms with E-state index in [1.807, 2.05) is 35.2 Å². The molecule has 0 unspecified atom stereocenters. The van der Waals surface area contributed by atoms with Crippen molar-refractivity contribution in [3.8, 4) is 11.4 Å². The van der Waals surface area contributed by atoms with Crippen LogP contribution in [0.5, 0.6) is 0 Å². The zero-order chi connectivity index (χ0) is 14.7. The maximum Gasteiger partial charge on any atom is 0.255 e. The molecule has 1 aliphatic rings. The largest absolute Gasteiger partial charge is 0.336 e. The third-order valence-electron chi connectivity index (χ3n) is 3.73. The van der Waals surface area contributed by atoms with Crippen LogP contribution in [0.1, 0.15) is 10.4 Å². The molecule has 5 heteroatoms. The van der Waals surface area contributed by atoms with Gasteiger partial charge in [0.2, 0.25) is 0 Å². The van der Waals surface area contributed by atoms with E-state index in [-0.39, 0.29) is 5.91 Å². The summed E-state index contributed by atoms with van der Waals surface area (Å²) < 4.78 is 0. The molecule has 0 N–H and O–H groups in total. The minimum Gasteiger partial charge on any atom is -0.336 e. The molecule has 5 nitrogen and oxygen atoms in total. The molecule has 0 atom stereocenters. The molecule has 21 heavy (non-hydrogen) atoms. The van der Waals surface area contributed by atoms with Crippen molar-refractivity contribution in [2.75, 3.05) is 33.2 Å². The highest BCUT2D eigenvalue weighted by molar-refractivity contribution is 5.94. The van der Waals surface area contributed by atoms with Crippen LogP contribution in [-0.2, 0) is 0 Å². The second-order valence-electron chi connectivity index (χ2n) is 5.24.